The molecule has 0 radical (unpaired) electrons. The molecule has 2 fully saturated rings. The fraction of sp³-hybridized carbons (Fsp3) is 0.538. The highest BCUT2D eigenvalue weighted by atomic mass is 16.6. The van der Waals surface area contributed by atoms with Crippen LogP contribution in [-0.4, -0.2) is 39.9 Å². The molecule has 0 unspecified atom stereocenters. The average Bonchev–Trinajstić information content (AvgIpc) is 3.11. The Bertz CT molecular complexity index is 624. The molecule has 2 aliphatic rings. The van der Waals surface area contributed by atoms with E-state index in [0.717, 1.165) is 18.9 Å². The van der Waals surface area contributed by atoms with E-state index in [1.807, 2.05) is 0 Å². The maximum Gasteiger partial charge on any atom is 0.433 e. The molecule has 1 N–H and O–H groups in total. The monoisotopic (exact) mass is 294 g/mol. The van der Waals surface area contributed by atoms with Gasteiger partial charge in [-0.2, -0.15) is 0 Å². The lowest BCUT2D eigenvalue weighted by Crippen LogP contribution is -2.37. The van der Waals surface area contributed by atoms with E-state index in [1.165, 1.54) is 11.0 Å². The summed E-state index contributed by atoms with van der Waals surface area (Å²) in [6, 6.07) is 2.37. The highest BCUT2D eigenvalue weighted by Crippen LogP contribution is 2.49. The number of aliphatic carboxylic acids is 1. The van der Waals surface area contributed by atoms with E-state index in [4.69, 9.17) is 4.42 Å². The Morgan fingerprint density at radius 1 is 1.48 bits per heavy atom. The second-order valence-corrected chi connectivity index (χ2v) is 5.63. The maximum absolute atomic E-state index is 12.3. The molecule has 0 spiro atoms. The van der Waals surface area contributed by atoms with Crippen LogP contribution in [0.3, 0.4) is 0 Å². The standard InChI is InChI=1S/C13H14N2O6/c16-11(9-3-4-10(21-9)15(19)20)14-6-8-2-1-5-13(8,7-14)12(17)18/h3-4,8H,1-2,5-7H2,(H,17,18)/t8-,13+/m0/s1. The Kier molecular flexibility index (Phi) is 2.96. The molecule has 0 aromatic carbocycles. The zero-order valence-corrected chi connectivity index (χ0v) is 11.2. The molecule has 3 rings (SSSR count). The highest BCUT2D eigenvalue weighted by molar-refractivity contribution is 5.93. The quantitative estimate of drug-likeness (QED) is 0.667. The summed E-state index contributed by atoms with van der Waals surface area (Å²) in [4.78, 5) is 35.1. The van der Waals surface area contributed by atoms with Crippen molar-refractivity contribution in [2.75, 3.05) is 13.1 Å². The third-order valence-electron chi connectivity index (χ3n) is 4.57. The van der Waals surface area contributed by atoms with Crippen molar-refractivity contribution < 1.29 is 24.0 Å². The first kappa shape index (κ1) is 13.6. The van der Waals surface area contributed by atoms with E-state index >= 15 is 0 Å². The molecular formula is C13H14N2O6. The summed E-state index contributed by atoms with van der Waals surface area (Å²) < 4.78 is 4.90. The summed E-state index contributed by atoms with van der Waals surface area (Å²) in [7, 11) is 0. The molecule has 2 heterocycles. The Labute approximate surface area is 119 Å². The van der Waals surface area contributed by atoms with Crippen LogP contribution < -0.4 is 0 Å². The lowest BCUT2D eigenvalue weighted by molar-refractivity contribution is -0.402. The number of carbonyl (C=O) groups is 2. The van der Waals surface area contributed by atoms with Gasteiger partial charge in [0.15, 0.2) is 5.76 Å². The van der Waals surface area contributed by atoms with E-state index in [9.17, 15) is 24.8 Å². The topological polar surface area (TPSA) is 114 Å². The predicted molar refractivity (Wildman–Crippen MR) is 68.7 cm³/mol. The Morgan fingerprint density at radius 3 is 2.81 bits per heavy atom. The van der Waals surface area contributed by atoms with Gasteiger partial charge in [0.1, 0.15) is 4.92 Å². The fourth-order valence-electron chi connectivity index (χ4n) is 3.49. The van der Waals surface area contributed by atoms with Crippen LogP contribution in [0.1, 0.15) is 29.8 Å². The third kappa shape index (κ3) is 1.98. The van der Waals surface area contributed by atoms with Crippen molar-refractivity contribution >= 4 is 17.8 Å². The van der Waals surface area contributed by atoms with Crippen molar-refractivity contribution in [2.45, 2.75) is 19.3 Å². The molecule has 2 atom stereocenters. The van der Waals surface area contributed by atoms with E-state index in [1.54, 1.807) is 0 Å². The molecule has 1 aliphatic heterocycles. The second kappa shape index (κ2) is 4.57. The largest absolute Gasteiger partial charge is 0.481 e. The minimum Gasteiger partial charge on any atom is -0.481 e. The van der Waals surface area contributed by atoms with Crippen LogP contribution in [0.25, 0.3) is 0 Å². The summed E-state index contributed by atoms with van der Waals surface area (Å²) in [5.41, 5.74) is -0.867. The van der Waals surface area contributed by atoms with Crippen LogP contribution in [0.15, 0.2) is 16.5 Å². The molecule has 1 saturated heterocycles. The molecule has 8 nitrogen and oxygen atoms in total. The number of likely N-dealkylation sites (tertiary alicyclic amines) is 1. The summed E-state index contributed by atoms with van der Waals surface area (Å²) in [5.74, 6) is -2.03. The van der Waals surface area contributed by atoms with E-state index in [-0.39, 0.29) is 18.2 Å². The Morgan fingerprint density at radius 2 is 2.24 bits per heavy atom. The van der Waals surface area contributed by atoms with Crippen LogP contribution in [0.4, 0.5) is 5.88 Å². The van der Waals surface area contributed by atoms with Crippen molar-refractivity contribution in [3.8, 4) is 0 Å². The number of amides is 1. The van der Waals surface area contributed by atoms with E-state index in [2.05, 4.69) is 0 Å². The van der Waals surface area contributed by atoms with Crippen LogP contribution >= 0.6 is 0 Å². The van der Waals surface area contributed by atoms with Crippen LogP contribution in [0.2, 0.25) is 0 Å². The van der Waals surface area contributed by atoms with Gasteiger partial charge in [-0.15, -0.1) is 0 Å². The summed E-state index contributed by atoms with van der Waals surface area (Å²) in [5, 5.41) is 20.0. The first-order valence-electron chi connectivity index (χ1n) is 6.71. The highest BCUT2D eigenvalue weighted by Gasteiger charge is 2.56. The smallest absolute Gasteiger partial charge is 0.433 e. The normalized spacial score (nSPS) is 27.6. The molecule has 0 bridgehead atoms. The van der Waals surface area contributed by atoms with Crippen LogP contribution in [-0.2, 0) is 4.79 Å². The van der Waals surface area contributed by atoms with Crippen molar-refractivity contribution in [3.05, 3.63) is 28.0 Å². The van der Waals surface area contributed by atoms with Gasteiger partial charge >= 0.3 is 11.9 Å². The van der Waals surface area contributed by atoms with Gasteiger partial charge in [-0.1, -0.05) is 6.42 Å². The van der Waals surface area contributed by atoms with Crippen molar-refractivity contribution in [2.24, 2.45) is 11.3 Å². The van der Waals surface area contributed by atoms with E-state index in [0.29, 0.717) is 13.0 Å². The van der Waals surface area contributed by atoms with Gasteiger partial charge in [0.2, 0.25) is 0 Å². The fourth-order valence-corrected chi connectivity index (χ4v) is 3.49. The maximum atomic E-state index is 12.3. The molecule has 21 heavy (non-hydrogen) atoms. The minimum atomic E-state index is -0.870. The number of carboxylic acids is 1. The molecule has 1 aromatic rings. The first-order valence-corrected chi connectivity index (χ1v) is 6.71. The van der Waals surface area contributed by atoms with Gasteiger partial charge in [0.05, 0.1) is 11.5 Å². The van der Waals surface area contributed by atoms with Crippen molar-refractivity contribution in [3.63, 3.8) is 0 Å². The first-order chi connectivity index (χ1) is 9.94. The van der Waals surface area contributed by atoms with Crippen LogP contribution in [0.5, 0.6) is 0 Å². The van der Waals surface area contributed by atoms with E-state index < -0.39 is 28.1 Å². The molecular weight excluding hydrogens is 280 g/mol. The number of fused-ring (bicyclic) bond motifs is 1. The zero-order chi connectivity index (χ0) is 15.2. The Balaban J connectivity index is 1.81. The second-order valence-electron chi connectivity index (χ2n) is 5.63. The number of rotatable bonds is 3. The zero-order valence-electron chi connectivity index (χ0n) is 11.2. The Hall–Kier alpha value is -2.38. The summed E-state index contributed by atoms with van der Waals surface area (Å²) >= 11 is 0. The minimum absolute atomic E-state index is 0.0519. The van der Waals surface area contributed by atoms with Gasteiger partial charge in [-0.05, 0) is 24.8 Å². The van der Waals surface area contributed by atoms with Gasteiger partial charge < -0.3 is 14.4 Å². The number of hydrogen-bond acceptors (Lipinski definition) is 5. The summed E-state index contributed by atoms with van der Waals surface area (Å²) in [6.07, 6.45) is 2.20. The molecule has 1 aromatic heterocycles. The molecule has 1 amide bonds. The lowest BCUT2D eigenvalue weighted by Gasteiger charge is -2.22. The number of nitrogens with zero attached hydrogens (tertiary/aromatic N) is 2. The van der Waals surface area contributed by atoms with Gasteiger partial charge in [0.25, 0.3) is 5.91 Å². The molecule has 1 saturated carbocycles. The molecule has 112 valence electrons. The third-order valence-corrected chi connectivity index (χ3v) is 4.57. The molecule has 1 aliphatic carbocycles. The average molecular weight is 294 g/mol. The lowest BCUT2D eigenvalue weighted by atomic mass is 9.81. The number of carbonyl (C=O) groups excluding carboxylic acids is 1. The van der Waals surface area contributed by atoms with Crippen LogP contribution in [0, 0.1) is 21.4 Å². The number of hydrogen-bond donors (Lipinski definition) is 1. The summed E-state index contributed by atoms with van der Waals surface area (Å²) in [6.45, 7) is 0.500. The number of furan rings is 1. The number of nitro groups is 1. The predicted octanol–water partition coefficient (Wildman–Crippen LogP) is 1.51. The van der Waals surface area contributed by atoms with Crippen molar-refractivity contribution in [1.82, 2.24) is 4.90 Å². The molecule has 8 heteroatoms. The number of carboxylic acid groups (broad SMARTS) is 1. The SMILES string of the molecule is O=C(c1ccc([N+](=O)[O-])o1)N1C[C@@H]2CCC[C@@]2(C(=O)O)C1. The van der Waals surface area contributed by atoms with Crippen molar-refractivity contribution in [1.29, 1.82) is 0 Å². The van der Waals surface area contributed by atoms with Gasteiger partial charge in [0, 0.05) is 13.1 Å². The van der Waals surface area contributed by atoms with Gasteiger partial charge in [-0.25, -0.2) is 0 Å². The van der Waals surface area contributed by atoms with Gasteiger partial charge in [-0.3, -0.25) is 19.7 Å².